The van der Waals surface area contributed by atoms with Crippen LogP contribution >= 0.6 is 0 Å². The number of nitrogens with one attached hydrogen (secondary N) is 2. The third kappa shape index (κ3) is 4.80. The molecule has 3 amide bonds. The maximum Gasteiger partial charge on any atom is 0.336 e. The number of hydrogen-bond donors (Lipinski definition) is 2. The van der Waals surface area contributed by atoms with Crippen LogP contribution < -0.4 is 15.5 Å². The fourth-order valence-corrected chi connectivity index (χ4v) is 3.54. The number of ether oxygens (including phenoxy) is 1. The molecule has 0 saturated carbocycles. The number of amides is 3. The first-order valence-electron chi connectivity index (χ1n) is 9.67. The predicted molar refractivity (Wildman–Crippen MR) is 116 cm³/mol. The van der Waals surface area contributed by atoms with Crippen molar-refractivity contribution < 1.29 is 23.9 Å². The summed E-state index contributed by atoms with van der Waals surface area (Å²) in [7, 11) is 1.24. The van der Waals surface area contributed by atoms with Gasteiger partial charge in [-0.15, -0.1) is 0 Å². The second-order valence-corrected chi connectivity index (χ2v) is 7.06. The summed E-state index contributed by atoms with van der Waals surface area (Å²) in [6, 6.07) is 15.4. The van der Waals surface area contributed by atoms with Gasteiger partial charge < -0.3 is 15.4 Å². The molecule has 0 unspecified atom stereocenters. The van der Waals surface area contributed by atoms with Gasteiger partial charge in [-0.25, -0.2) is 4.79 Å². The van der Waals surface area contributed by atoms with Crippen LogP contribution in [-0.4, -0.2) is 30.8 Å². The van der Waals surface area contributed by atoms with Crippen LogP contribution in [0.1, 0.15) is 20.3 Å². The molecule has 160 valence electrons. The summed E-state index contributed by atoms with van der Waals surface area (Å²) >= 11 is 0. The van der Waals surface area contributed by atoms with Crippen molar-refractivity contribution in [1.82, 2.24) is 0 Å². The number of nitrogens with zero attached hydrogens (tertiary/aromatic N) is 1. The topological polar surface area (TPSA) is 105 Å². The lowest BCUT2D eigenvalue weighted by molar-refractivity contribution is -0.138. The number of carbonyl (C=O) groups excluding carboxylic acids is 4. The van der Waals surface area contributed by atoms with Crippen molar-refractivity contribution >= 4 is 40.8 Å². The van der Waals surface area contributed by atoms with Crippen LogP contribution in [0.2, 0.25) is 0 Å². The highest BCUT2D eigenvalue weighted by atomic mass is 16.5. The van der Waals surface area contributed by atoms with Gasteiger partial charge in [0.1, 0.15) is 0 Å². The van der Waals surface area contributed by atoms with Crippen molar-refractivity contribution in [1.29, 1.82) is 0 Å². The molecule has 8 heteroatoms. The molecular formula is C23H23N3O5. The van der Waals surface area contributed by atoms with Crippen LogP contribution in [0.15, 0.2) is 65.9 Å². The molecule has 8 nitrogen and oxygen atoms in total. The number of anilines is 3. The van der Waals surface area contributed by atoms with Gasteiger partial charge in [0.15, 0.2) is 0 Å². The molecule has 0 saturated heterocycles. The monoisotopic (exact) mass is 421 g/mol. The van der Waals surface area contributed by atoms with Crippen LogP contribution in [-0.2, 0) is 23.9 Å². The van der Waals surface area contributed by atoms with Crippen LogP contribution in [0.25, 0.3) is 0 Å². The number of esters is 1. The summed E-state index contributed by atoms with van der Waals surface area (Å²) < 4.78 is 4.91. The minimum Gasteiger partial charge on any atom is -0.466 e. The van der Waals surface area contributed by atoms with E-state index in [4.69, 9.17) is 4.74 Å². The van der Waals surface area contributed by atoms with E-state index in [0.717, 1.165) is 0 Å². The van der Waals surface area contributed by atoms with E-state index in [-0.39, 0.29) is 23.8 Å². The minimum atomic E-state index is -0.991. The maximum absolute atomic E-state index is 13.0. The molecule has 1 atom stereocenters. The fraction of sp³-hybridized carbons (Fsp3) is 0.217. The Morgan fingerprint density at radius 2 is 1.55 bits per heavy atom. The molecule has 0 bridgehead atoms. The molecule has 0 spiro atoms. The number of hydrogen-bond acceptors (Lipinski definition) is 5. The van der Waals surface area contributed by atoms with Gasteiger partial charge in [0, 0.05) is 36.1 Å². The lowest BCUT2D eigenvalue weighted by Crippen LogP contribution is -2.43. The van der Waals surface area contributed by atoms with Crippen molar-refractivity contribution in [3.63, 3.8) is 0 Å². The van der Waals surface area contributed by atoms with E-state index in [2.05, 4.69) is 10.6 Å². The Labute approximate surface area is 179 Å². The summed E-state index contributed by atoms with van der Waals surface area (Å²) in [6.07, 6.45) is -0.174. The lowest BCUT2D eigenvalue weighted by atomic mass is 9.88. The summed E-state index contributed by atoms with van der Waals surface area (Å²) in [5, 5.41) is 5.37. The largest absolute Gasteiger partial charge is 0.466 e. The van der Waals surface area contributed by atoms with E-state index >= 15 is 0 Å². The fourth-order valence-electron chi connectivity index (χ4n) is 3.54. The average molecular weight is 421 g/mol. The van der Waals surface area contributed by atoms with Gasteiger partial charge in [-0.1, -0.05) is 18.2 Å². The Hall–Kier alpha value is -3.94. The second kappa shape index (κ2) is 9.25. The molecule has 31 heavy (non-hydrogen) atoms. The average Bonchev–Trinajstić information content (AvgIpc) is 2.74. The Bertz CT molecular complexity index is 1040. The zero-order chi connectivity index (χ0) is 22.5. The van der Waals surface area contributed by atoms with E-state index in [0.29, 0.717) is 22.8 Å². The second-order valence-electron chi connectivity index (χ2n) is 7.06. The van der Waals surface area contributed by atoms with Crippen molar-refractivity contribution in [3.05, 3.63) is 65.9 Å². The number of benzene rings is 2. The number of para-hydroxylation sites is 1. The zero-order valence-corrected chi connectivity index (χ0v) is 17.5. The smallest absolute Gasteiger partial charge is 0.336 e. The normalized spacial score (nSPS) is 16.0. The molecule has 2 aromatic carbocycles. The first kappa shape index (κ1) is 21.8. The summed E-state index contributed by atoms with van der Waals surface area (Å²) in [5.74, 6) is -2.64. The van der Waals surface area contributed by atoms with Crippen LogP contribution in [0, 0.1) is 5.92 Å². The first-order valence-corrected chi connectivity index (χ1v) is 9.67. The molecular weight excluding hydrogens is 398 g/mol. The Kier molecular flexibility index (Phi) is 6.49. The van der Waals surface area contributed by atoms with Crippen molar-refractivity contribution in [3.8, 4) is 0 Å². The van der Waals surface area contributed by atoms with E-state index in [1.165, 1.54) is 18.9 Å². The van der Waals surface area contributed by atoms with Gasteiger partial charge in [0.05, 0.1) is 18.6 Å². The third-order valence-electron chi connectivity index (χ3n) is 4.91. The van der Waals surface area contributed by atoms with E-state index in [1.807, 2.05) is 6.07 Å². The third-order valence-corrected chi connectivity index (χ3v) is 4.91. The van der Waals surface area contributed by atoms with Gasteiger partial charge in [-0.2, -0.15) is 0 Å². The van der Waals surface area contributed by atoms with E-state index in [9.17, 15) is 19.2 Å². The van der Waals surface area contributed by atoms with Crippen molar-refractivity contribution in [2.75, 3.05) is 22.6 Å². The SMILES string of the molecule is COC(=O)C1=C(C)N(c2ccccc2)C(=O)C[C@@H]1C(=O)Nc1ccc(NC(C)=O)cc1. The van der Waals surface area contributed by atoms with Crippen molar-refractivity contribution in [2.45, 2.75) is 20.3 Å². The van der Waals surface area contributed by atoms with Gasteiger partial charge in [-0.3, -0.25) is 19.3 Å². The number of allylic oxidation sites excluding steroid dienone is 1. The molecule has 2 N–H and O–H groups in total. The molecule has 0 radical (unpaired) electrons. The first-order chi connectivity index (χ1) is 14.8. The maximum atomic E-state index is 13.0. The lowest BCUT2D eigenvalue weighted by Gasteiger charge is -2.33. The van der Waals surface area contributed by atoms with Gasteiger partial charge in [0.25, 0.3) is 0 Å². The van der Waals surface area contributed by atoms with Crippen LogP contribution in [0.4, 0.5) is 17.1 Å². The number of rotatable bonds is 5. The molecule has 3 rings (SSSR count). The van der Waals surface area contributed by atoms with Crippen molar-refractivity contribution in [2.24, 2.45) is 5.92 Å². The highest BCUT2D eigenvalue weighted by Crippen LogP contribution is 2.34. The molecule has 1 aliphatic heterocycles. The molecule has 0 aliphatic carbocycles. The zero-order valence-electron chi connectivity index (χ0n) is 17.5. The Balaban J connectivity index is 1.89. The summed E-state index contributed by atoms with van der Waals surface area (Å²) in [4.78, 5) is 51.0. The molecule has 1 heterocycles. The minimum absolute atomic E-state index is 0.137. The molecule has 1 aliphatic rings. The van der Waals surface area contributed by atoms with E-state index in [1.54, 1.807) is 55.5 Å². The Morgan fingerprint density at radius 3 is 2.10 bits per heavy atom. The molecule has 0 fully saturated rings. The highest BCUT2D eigenvalue weighted by molar-refractivity contribution is 6.10. The summed E-state index contributed by atoms with van der Waals surface area (Å²) in [6.45, 7) is 3.02. The summed E-state index contributed by atoms with van der Waals surface area (Å²) in [5.41, 5.74) is 2.16. The van der Waals surface area contributed by atoms with Gasteiger partial charge in [-0.05, 0) is 43.3 Å². The standard InChI is InChI=1S/C23H23N3O5/c1-14-21(23(30)31-3)19(13-20(28)26(14)18-7-5-4-6-8-18)22(29)25-17-11-9-16(10-12-17)24-15(2)27/h4-12,19H,13H2,1-3H3,(H,24,27)(H,25,29)/t19-/m0/s1. The predicted octanol–water partition coefficient (Wildman–Crippen LogP) is 3.08. The number of carbonyl (C=O) groups is 4. The Morgan fingerprint density at radius 1 is 0.968 bits per heavy atom. The number of methoxy groups -OCH3 is 1. The van der Waals surface area contributed by atoms with Gasteiger partial charge in [0.2, 0.25) is 17.7 Å². The van der Waals surface area contributed by atoms with Crippen LogP contribution in [0.5, 0.6) is 0 Å². The van der Waals surface area contributed by atoms with Gasteiger partial charge >= 0.3 is 5.97 Å². The molecule has 2 aromatic rings. The highest BCUT2D eigenvalue weighted by Gasteiger charge is 2.40. The molecule has 0 aromatic heterocycles. The van der Waals surface area contributed by atoms with E-state index < -0.39 is 17.8 Å². The quantitative estimate of drug-likeness (QED) is 0.722. The van der Waals surface area contributed by atoms with Crippen LogP contribution in [0.3, 0.4) is 0 Å².